The molecular weight excluding hydrogens is 439 g/mol. The quantitative estimate of drug-likeness (QED) is 0.404. The SMILES string of the molecule is N#Cc1nn(-c2c(Cl)cc(C(F)(F)F)cc2Cl)c(Cl)c1SC(F)(F)F. The van der Waals surface area contributed by atoms with Gasteiger partial charge in [-0.15, -0.1) is 0 Å². The molecule has 2 rings (SSSR count). The first kappa shape index (κ1) is 20.0. The summed E-state index contributed by atoms with van der Waals surface area (Å²) in [6.07, 6.45) is -4.74. The normalized spacial score (nSPS) is 12.3. The summed E-state index contributed by atoms with van der Waals surface area (Å²) in [6.45, 7) is 0. The van der Waals surface area contributed by atoms with Crippen LogP contribution in [0.25, 0.3) is 5.69 Å². The molecule has 0 fully saturated rings. The number of nitrogens with zero attached hydrogens (tertiary/aromatic N) is 3. The van der Waals surface area contributed by atoms with Crippen LogP contribution in [0.2, 0.25) is 15.2 Å². The van der Waals surface area contributed by atoms with Gasteiger partial charge < -0.3 is 0 Å². The van der Waals surface area contributed by atoms with Gasteiger partial charge in [0.25, 0.3) is 0 Å². The van der Waals surface area contributed by atoms with Crippen LogP contribution in [-0.2, 0) is 6.18 Å². The average Bonchev–Trinajstić information content (AvgIpc) is 2.73. The Balaban J connectivity index is 2.66. The maximum absolute atomic E-state index is 12.7. The van der Waals surface area contributed by atoms with E-state index in [1.54, 1.807) is 0 Å². The summed E-state index contributed by atoms with van der Waals surface area (Å²) >= 11 is 16.7. The van der Waals surface area contributed by atoms with E-state index in [4.69, 9.17) is 40.1 Å². The second kappa shape index (κ2) is 6.79. The first-order valence-corrected chi connectivity index (χ1v) is 7.81. The van der Waals surface area contributed by atoms with Gasteiger partial charge in [-0.25, -0.2) is 4.68 Å². The Kier molecular flexibility index (Phi) is 5.45. The van der Waals surface area contributed by atoms with Gasteiger partial charge >= 0.3 is 11.7 Å². The number of nitriles is 1. The highest BCUT2D eigenvalue weighted by molar-refractivity contribution is 8.00. The van der Waals surface area contributed by atoms with Gasteiger partial charge in [0.1, 0.15) is 16.9 Å². The second-order valence-electron chi connectivity index (χ2n) is 4.33. The van der Waals surface area contributed by atoms with Crippen LogP contribution in [0.5, 0.6) is 0 Å². The van der Waals surface area contributed by atoms with E-state index in [0.717, 1.165) is 0 Å². The predicted octanol–water partition coefficient (Wildman–Crippen LogP) is 6.33. The monoisotopic (exact) mass is 439 g/mol. The highest BCUT2D eigenvalue weighted by Gasteiger charge is 2.36. The second-order valence-corrected chi connectivity index (χ2v) is 6.57. The zero-order chi connectivity index (χ0) is 19.2. The highest BCUT2D eigenvalue weighted by atomic mass is 35.5. The highest BCUT2D eigenvalue weighted by Crippen LogP contribution is 2.44. The number of benzene rings is 1. The molecule has 3 nitrogen and oxygen atoms in total. The molecule has 0 unspecified atom stereocenters. The van der Waals surface area contributed by atoms with Crippen LogP contribution < -0.4 is 0 Å². The van der Waals surface area contributed by atoms with E-state index in [9.17, 15) is 26.3 Å². The van der Waals surface area contributed by atoms with Crippen molar-refractivity contribution in [2.24, 2.45) is 0 Å². The summed E-state index contributed by atoms with van der Waals surface area (Å²) in [5, 5.41) is 10.7. The third-order valence-electron chi connectivity index (χ3n) is 2.67. The minimum absolute atomic E-state index is 0.383. The summed E-state index contributed by atoms with van der Waals surface area (Å²) in [7, 11) is 0. The van der Waals surface area contributed by atoms with Crippen molar-refractivity contribution >= 4 is 46.6 Å². The van der Waals surface area contributed by atoms with Crippen molar-refractivity contribution in [1.82, 2.24) is 9.78 Å². The maximum atomic E-state index is 12.7. The molecule has 0 atom stereocenters. The van der Waals surface area contributed by atoms with Crippen LogP contribution in [0.1, 0.15) is 11.3 Å². The molecular formula is C12H2Cl3F6N3S. The van der Waals surface area contributed by atoms with Crippen molar-refractivity contribution < 1.29 is 26.3 Å². The van der Waals surface area contributed by atoms with Crippen molar-refractivity contribution in [1.29, 1.82) is 5.26 Å². The molecule has 1 aromatic heterocycles. The number of hydrogen-bond acceptors (Lipinski definition) is 3. The van der Waals surface area contributed by atoms with Crippen LogP contribution in [0.4, 0.5) is 26.3 Å². The zero-order valence-electron chi connectivity index (χ0n) is 11.3. The Hall–Kier alpha value is -1.28. The maximum Gasteiger partial charge on any atom is 0.446 e. The van der Waals surface area contributed by atoms with Gasteiger partial charge in [0.15, 0.2) is 5.69 Å². The molecule has 134 valence electrons. The average molecular weight is 441 g/mol. The fourth-order valence-electron chi connectivity index (χ4n) is 1.74. The molecule has 1 aromatic carbocycles. The number of alkyl halides is 6. The lowest BCUT2D eigenvalue weighted by Gasteiger charge is -2.13. The molecule has 2 aromatic rings. The van der Waals surface area contributed by atoms with Crippen molar-refractivity contribution in [2.45, 2.75) is 16.6 Å². The lowest BCUT2D eigenvalue weighted by atomic mass is 10.2. The summed E-state index contributed by atoms with van der Waals surface area (Å²) < 4.78 is 76.5. The Bertz CT molecular complexity index is 846. The van der Waals surface area contributed by atoms with Crippen molar-refractivity contribution in [3.63, 3.8) is 0 Å². The Morgan fingerprint density at radius 1 is 1.04 bits per heavy atom. The van der Waals surface area contributed by atoms with Gasteiger partial charge in [0, 0.05) is 0 Å². The molecule has 0 amide bonds. The van der Waals surface area contributed by atoms with Crippen LogP contribution in [0, 0.1) is 11.3 Å². The zero-order valence-corrected chi connectivity index (χ0v) is 14.4. The molecule has 0 aliphatic carbocycles. The molecule has 0 radical (unpaired) electrons. The van der Waals surface area contributed by atoms with Crippen LogP contribution in [0.15, 0.2) is 17.0 Å². The molecule has 0 aliphatic heterocycles. The van der Waals surface area contributed by atoms with E-state index in [1.165, 1.54) is 6.07 Å². The van der Waals surface area contributed by atoms with Gasteiger partial charge in [-0.2, -0.15) is 36.7 Å². The minimum Gasteiger partial charge on any atom is -0.217 e. The van der Waals surface area contributed by atoms with E-state index in [2.05, 4.69) is 5.10 Å². The molecule has 0 spiro atoms. The fourth-order valence-corrected chi connectivity index (χ4v) is 3.30. The standard InChI is InChI=1S/C12H2Cl3F6N3S/c13-5-1-4(11(16,17)18)2-6(14)8(5)24-10(15)9(7(3-22)23-24)25-12(19,20)21/h1-2H. The first-order valence-electron chi connectivity index (χ1n) is 5.86. The molecule has 0 N–H and O–H groups in total. The van der Waals surface area contributed by atoms with Gasteiger partial charge in [0.05, 0.1) is 20.5 Å². The summed E-state index contributed by atoms with van der Waals surface area (Å²) in [5.41, 5.74) is -7.00. The molecule has 0 aliphatic rings. The van der Waals surface area contributed by atoms with Gasteiger partial charge in [0.2, 0.25) is 0 Å². The summed E-state index contributed by atoms with van der Waals surface area (Å²) in [5.74, 6) is 0. The summed E-state index contributed by atoms with van der Waals surface area (Å²) in [6, 6.07) is 2.45. The van der Waals surface area contributed by atoms with Gasteiger partial charge in [-0.1, -0.05) is 34.8 Å². The Morgan fingerprint density at radius 3 is 1.96 bits per heavy atom. The van der Waals surface area contributed by atoms with Gasteiger partial charge in [-0.05, 0) is 23.9 Å². The van der Waals surface area contributed by atoms with Crippen molar-refractivity contribution in [2.75, 3.05) is 0 Å². The van der Waals surface area contributed by atoms with E-state index in [1.807, 2.05) is 0 Å². The molecule has 0 bridgehead atoms. The smallest absolute Gasteiger partial charge is 0.217 e. The number of halogens is 9. The number of aromatic nitrogens is 2. The minimum atomic E-state index is -4.77. The fraction of sp³-hybridized carbons (Fsp3) is 0.167. The first-order chi connectivity index (χ1) is 11.3. The van der Waals surface area contributed by atoms with Crippen molar-refractivity contribution in [3.05, 3.63) is 38.6 Å². The van der Waals surface area contributed by atoms with Gasteiger partial charge in [-0.3, -0.25) is 0 Å². The summed E-state index contributed by atoms with van der Waals surface area (Å²) in [4.78, 5) is -0.719. The molecule has 0 saturated carbocycles. The van der Waals surface area contributed by atoms with E-state index in [-0.39, 0.29) is 5.69 Å². The molecule has 25 heavy (non-hydrogen) atoms. The Labute approximate surface area is 155 Å². The number of rotatable bonds is 2. The predicted molar refractivity (Wildman–Crippen MR) is 80.2 cm³/mol. The van der Waals surface area contributed by atoms with Crippen LogP contribution >= 0.6 is 46.6 Å². The van der Waals surface area contributed by atoms with Crippen LogP contribution in [-0.4, -0.2) is 15.3 Å². The Morgan fingerprint density at radius 2 is 1.56 bits per heavy atom. The molecule has 0 saturated heterocycles. The molecule has 1 heterocycles. The van der Waals surface area contributed by atoms with E-state index >= 15 is 0 Å². The van der Waals surface area contributed by atoms with E-state index in [0.29, 0.717) is 16.8 Å². The number of hydrogen-bond donors (Lipinski definition) is 0. The van der Waals surface area contributed by atoms with Crippen LogP contribution in [0.3, 0.4) is 0 Å². The third-order valence-corrected chi connectivity index (χ3v) is 4.53. The topological polar surface area (TPSA) is 41.6 Å². The largest absolute Gasteiger partial charge is 0.446 e. The third kappa shape index (κ3) is 4.28. The number of thioether (sulfide) groups is 1. The molecule has 13 heteroatoms. The lowest BCUT2D eigenvalue weighted by Crippen LogP contribution is -2.07. The lowest BCUT2D eigenvalue weighted by molar-refractivity contribution is -0.137. The van der Waals surface area contributed by atoms with E-state index < -0.39 is 54.8 Å². The van der Waals surface area contributed by atoms with Crippen molar-refractivity contribution in [3.8, 4) is 11.8 Å².